The average Bonchev–Trinajstić information content (AvgIpc) is 2.78. The van der Waals surface area contributed by atoms with Crippen molar-refractivity contribution in [3.8, 4) is 0 Å². The Morgan fingerprint density at radius 1 is 1.29 bits per heavy atom. The zero-order valence-corrected chi connectivity index (χ0v) is 10.2. The van der Waals surface area contributed by atoms with Gasteiger partial charge in [0, 0.05) is 24.3 Å². The van der Waals surface area contributed by atoms with Crippen LogP contribution in [0.3, 0.4) is 0 Å². The SMILES string of the molecule is NC(=O)C1CCN(c2ccc(C(N)=S)cc2)C1. The summed E-state index contributed by atoms with van der Waals surface area (Å²) in [7, 11) is 0. The van der Waals surface area contributed by atoms with E-state index < -0.39 is 0 Å². The Balaban J connectivity index is 2.09. The van der Waals surface area contributed by atoms with E-state index in [1.807, 2.05) is 24.3 Å². The number of nitrogens with two attached hydrogens (primary N) is 2. The van der Waals surface area contributed by atoms with Crippen LogP contribution < -0.4 is 16.4 Å². The van der Waals surface area contributed by atoms with E-state index in [0.717, 1.165) is 24.2 Å². The largest absolute Gasteiger partial charge is 0.389 e. The first kappa shape index (κ1) is 11.9. The summed E-state index contributed by atoms with van der Waals surface area (Å²) in [5.74, 6) is -0.252. The van der Waals surface area contributed by atoms with Crippen LogP contribution in [0.1, 0.15) is 12.0 Å². The summed E-state index contributed by atoms with van der Waals surface area (Å²) in [5.41, 5.74) is 12.8. The van der Waals surface area contributed by atoms with Crippen LogP contribution in [-0.2, 0) is 4.79 Å². The number of benzene rings is 1. The molecule has 0 aliphatic carbocycles. The first-order valence-corrected chi connectivity index (χ1v) is 5.93. The van der Waals surface area contributed by atoms with Crippen molar-refractivity contribution in [1.29, 1.82) is 0 Å². The molecule has 90 valence electrons. The molecule has 5 heteroatoms. The van der Waals surface area contributed by atoms with Crippen LogP contribution in [0.15, 0.2) is 24.3 Å². The van der Waals surface area contributed by atoms with Gasteiger partial charge in [0.25, 0.3) is 0 Å². The Bertz CT molecular complexity index is 444. The monoisotopic (exact) mass is 249 g/mol. The first-order chi connectivity index (χ1) is 8.08. The molecule has 0 saturated carbocycles. The highest BCUT2D eigenvalue weighted by Crippen LogP contribution is 2.23. The highest BCUT2D eigenvalue weighted by Gasteiger charge is 2.26. The second-order valence-electron chi connectivity index (χ2n) is 4.25. The number of anilines is 1. The molecule has 1 atom stereocenters. The fourth-order valence-electron chi connectivity index (χ4n) is 2.06. The summed E-state index contributed by atoms with van der Waals surface area (Å²) in [6, 6.07) is 7.74. The van der Waals surface area contributed by atoms with Crippen molar-refractivity contribution in [2.24, 2.45) is 17.4 Å². The molecule has 1 aromatic rings. The Kier molecular flexibility index (Phi) is 3.28. The number of nitrogens with zero attached hydrogens (tertiary/aromatic N) is 1. The van der Waals surface area contributed by atoms with Gasteiger partial charge < -0.3 is 16.4 Å². The quantitative estimate of drug-likeness (QED) is 0.771. The highest BCUT2D eigenvalue weighted by molar-refractivity contribution is 7.80. The zero-order valence-electron chi connectivity index (χ0n) is 9.43. The first-order valence-electron chi connectivity index (χ1n) is 5.52. The van der Waals surface area contributed by atoms with Gasteiger partial charge in [0.15, 0.2) is 0 Å². The number of carbonyl (C=O) groups excluding carboxylic acids is 1. The Morgan fingerprint density at radius 2 is 1.94 bits per heavy atom. The van der Waals surface area contributed by atoms with E-state index in [-0.39, 0.29) is 11.8 Å². The lowest BCUT2D eigenvalue weighted by Crippen LogP contribution is -2.27. The van der Waals surface area contributed by atoms with Gasteiger partial charge in [-0.25, -0.2) is 0 Å². The number of carbonyl (C=O) groups is 1. The van der Waals surface area contributed by atoms with Crippen LogP contribution in [0, 0.1) is 5.92 Å². The fourth-order valence-corrected chi connectivity index (χ4v) is 2.20. The molecule has 1 amide bonds. The fraction of sp³-hybridized carbons (Fsp3) is 0.333. The van der Waals surface area contributed by atoms with Crippen LogP contribution in [0.5, 0.6) is 0 Å². The molecule has 1 aromatic carbocycles. The second kappa shape index (κ2) is 4.71. The minimum Gasteiger partial charge on any atom is -0.389 e. The third kappa shape index (κ3) is 2.55. The molecule has 2 rings (SSSR count). The normalized spacial score (nSPS) is 19.3. The number of primary amides is 1. The van der Waals surface area contributed by atoms with Crippen molar-refractivity contribution in [3.63, 3.8) is 0 Å². The van der Waals surface area contributed by atoms with E-state index in [1.165, 1.54) is 0 Å². The molecule has 1 saturated heterocycles. The van der Waals surface area contributed by atoms with Gasteiger partial charge in [0.2, 0.25) is 5.91 Å². The number of amides is 1. The lowest BCUT2D eigenvalue weighted by atomic mass is 10.1. The summed E-state index contributed by atoms with van der Waals surface area (Å²) in [4.78, 5) is 13.6. The number of hydrogen-bond acceptors (Lipinski definition) is 3. The Labute approximate surface area is 106 Å². The van der Waals surface area contributed by atoms with Gasteiger partial charge in [-0.1, -0.05) is 12.2 Å². The van der Waals surface area contributed by atoms with Gasteiger partial charge in [-0.2, -0.15) is 0 Å². The Morgan fingerprint density at radius 3 is 2.41 bits per heavy atom. The minimum atomic E-state index is -0.216. The van der Waals surface area contributed by atoms with E-state index in [9.17, 15) is 4.79 Å². The molecule has 1 aliphatic heterocycles. The van der Waals surface area contributed by atoms with Crippen LogP contribution >= 0.6 is 12.2 Å². The number of thiocarbonyl (C=S) groups is 1. The molecular weight excluding hydrogens is 234 g/mol. The predicted octanol–water partition coefficient (Wildman–Crippen LogP) is 0.632. The standard InChI is InChI=1S/C12H15N3OS/c13-11(16)9-5-6-15(7-9)10-3-1-8(2-4-10)12(14)17/h1-4,9H,5-7H2,(H2,13,16)(H2,14,17). The Hall–Kier alpha value is -1.62. The molecule has 1 fully saturated rings. The lowest BCUT2D eigenvalue weighted by Gasteiger charge is -2.18. The summed E-state index contributed by atoms with van der Waals surface area (Å²) in [5, 5.41) is 0. The molecule has 4 nitrogen and oxygen atoms in total. The predicted molar refractivity (Wildman–Crippen MR) is 71.8 cm³/mol. The highest BCUT2D eigenvalue weighted by atomic mass is 32.1. The lowest BCUT2D eigenvalue weighted by molar-refractivity contribution is -0.121. The van der Waals surface area contributed by atoms with Gasteiger partial charge >= 0.3 is 0 Å². The van der Waals surface area contributed by atoms with Crippen LogP contribution in [0.2, 0.25) is 0 Å². The van der Waals surface area contributed by atoms with Crippen molar-refractivity contribution in [3.05, 3.63) is 29.8 Å². The van der Waals surface area contributed by atoms with Gasteiger partial charge in [-0.05, 0) is 30.7 Å². The molecule has 0 radical (unpaired) electrons. The molecular formula is C12H15N3OS. The van der Waals surface area contributed by atoms with Crippen molar-refractivity contribution in [2.75, 3.05) is 18.0 Å². The van der Waals surface area contributed by atoms with E-state index >= 15 is 0 Å². The van der Waals surface area contributed by atoms with Crippen LogP contribution in [-0.4, -0.2) is 24.0 Å². The van der Waals surface area contributed by atoms with Gasteiger partial charge in [0.1, 0.15) is 4.99 Å². The maximum Gasteiger partial charge on any atom is 0.222 e. The molecule has 0 bridgehead atoms. The minimum absolute atomic E-state index is 0.0368. The summed E-state index contributed by atoms with van der Waals surface area (Å²) in [6.07, 6.45) is 0.826. The molecule has 0 spiro atoms. The molecule has 0 aromatic heterocycles. The maximum atomic E-state index is 11.1. The molecule has 1 heterocycles. The van der Waals surface area contributed by atoms with E-state index in [2.05, 4.69) is 4.90 Å². The van der Waals surface area contributed by atoms with Crippen molar-refractivity contribution >= 4 is 28.8 Å². The van der Waals surface area contributed by atoms with E-state index in [4.69, 9.17) is 23.7 Å². The molecule has 17 heavy (non-hydrogen) atoms. The third-order valence-electron chi connectivity index (χ3n) is 3.11. The maximum absolute atomic E-state index is 11.1. The zero-order chi connectivity index (χ0) is 12.4. The van der Waals surface area contributed by atoms with Crippen molar-refractivity contribution < 1.29 is 4.79 Å². The van der Waals surface area contributed by atoms with E-state index in [0.29, 0.717) is 11.5 Å². The number of hydrogen-bond donors (Lipinski definition) is 2. The third-order valence-corrected chi connectivity index (χ3v) is 3.34. The molecule has 1 unspecified atom stereocenters. The summed E-state index contributed by atoms with van der Waals surface area (Å²) < 4.78 is 0. The van der Waals surface area contributed by atoms with Crippen LogP contribution in [0.4, 0.5) is 5.69 Å². The van der Waals surface area contributed by atoms with Crippen molar-refractivity contribution in [1.82, 2.24) is 0 Å². The smallest absolute Gasteiger partial charge is 0.222 e. The van der Waals surface area contributed by atoms with Crippen molar-refractivity contribution in [2.45, 2.75) is 6.42 Å². The van der Waals surface area contributed by atoms with Gasteiger partial charge in [0.05, 0.1) is 5.92 Å². The summed E-state index contributed by atoms with van der Waals surface area (Å²) in [6.45, 7) is 1.56. The molecule has 1 aliphatic rings. The topological polar surface area (TPSA) is 72.4 Å². The number of rotatable bonds is 3. The summed E-state index contributed by atoms with van der Waals surface area (Å²) >= 11 is 4.90. The van der Waals surface area contributed by atoms with Gasteiger partial charge in [-0.15, -0.1) is 0 Å². The molecule has 4 N–H and O–H groups in total. The van der Waals surface area contributed by atoms with E-state index in [1.54, 1.807) is 0 Å². The van der Waals surface area contributed by atoms with Crippen LogP contribution in [0.25, 0.3) is 0 Å². The second-order valence-corrected chi connectivity index (χ2v) is 4.68. The average molecular weight is 249 g/mol. The van der Waals surface area contributed by atoms with Gasteiger partial charge in [-0.3, -0.25) is 4.79 Å².